The van der Waals surface area contributed by atoms with Crippen LogP contribution in [0.5, 0.6) is 0 Å². The van der Waals surface area contributed by atoms with Crippen molar-refractivity contribution in [1.29, 1.82) is 0 Å². The van der Waals surface area contributed by atoms with Gasteiger partial charge in [0.15, 0.2) is 0 Å². The summed E-state index contributed by atoms with van der Waals surface area (Å²) in [5, 5.41) is 11.1. The summed E-state index contributed by atoms with van der Waals surface area (Å²) in [5.74, 6) is 0.867. The first-order valence-corrected chi connectivity index (χ1v) is 10.6. The Kier molecular flexibility index (Phi) is 5.54. The van der Waals surface area contributed by atoms with Crippen LogP contribution in [0.15, 0.2) is 0 Å². The highest BCUT2D eigenvalue weighted by Crippen LogP contribution is 2.26. The molecule has 1 saturated heterocycles. The molecule has 8 nitrogen and oxygen atoms in total. The minimum Gasteiger partial charge on any atom is -0.355 e. The quantitative estimate of drug-likeness (QED) is 0.794. The van der Waals surface area contributed by atoms with Crippen LogP contribution in [-0.4, -0.2) is 51.8 Å². The summed E-state index contributed by atoms with van der Waals surface area (Å²) in [6.45, 7) is 6.62. The van der Waals surface area contributed by atoms with Gasteiger partial charge in [-0.2, -0.15) is 5.10 Å². The first-order valence-electron chi connectivity index (χ1n) is 10.6. The molecule has 1 amide bonds. The molecule has 0 bridgehead atoms. The van der Waals surface area contributed by atoms with Gasteiger partial charge in [0.05, 0.1) is 11.4 Å². The highest BCUT2D eigenvalue weighted by molar-refractivity contribution is 5.90. The number of amides is 1. The molecule has 2 aromatic rings. The number of aromatic nitrogens is 4. The van der Waals surface area contributed by atoms with Gasteiger partial charge in [-0.15, -0.1) is 0 Å². The number of rotatable bonds is 5. The van der Waals surface area contributed by atoms with Crippen molar-refractivity contribution in [2.45, 2.75) is 58.5 Å². The smallest absolute Gasteiger partial charge is 0.288 e. The van der Waals surface area contributed by atoms with Gasteiger partial charge in [-0.05, 0) is 51.5 Å². The Labute approximate surface area is 172 Å². The number of nitrogens with one attached hydrogen (secondary N) is 2. The lowest BCUT2D eigenvalue weighted by Crippen LogP contribution is -2.34. The molecule has 0 spiro atoms. The molecule has 2 N–H and O–H groups in total. The first-order chi connectivity index (χ1) is 14.0. The monoisotopic (exact) mass is 397 g/mol. The van der Waals surface area contributed by atoms with Gasteiger partial charge in [0.1, 0.15) is 5.82 Å². The van der Waals surface area contributed by atoms with E-state index in [9.17, 15) is 4.79 Å². The molecule has 0 unspecified atom stereocenters. The van der Waals surface area contributed by atoms with Crippen LogP contribution in [0, 0.1) is 13.8 Å². The fourth-order valence-electron chi connectivity index (χ4n) is 4.46. The normalized spacial score (nSPS) is 18.8. The van der Waals surface area contributed by atoms with Crippen molar-refractivity contribution in [2.75, 3.05) is 25.0 Å². The number of hydrogen-bond donors (Lipinski definition) is 2. The molecule has 8 heteroatoms. The summed E-state index contributed by atoms with van der Waals surface area (Å²) in [7, 11) is 3.66. The van der Waals surface area contributed by atoms with E-state index in [2.05, 4.69) is 37.2 Å². The molecule has 0 radical (unpaired) electrons. The van der Waals surface area contributed by atoms with E-state index in [1.165, 1.54) is 29.8 Å². The van der Waals surface area contributed by atoms with Crippen LogP contribution in [0.3, 0.4) is 0 Å². The molecule has 3 heterocycles. The van der Waals surface area contributed by atoms with E-state index in [-0.39, 0.29) is 11.7 Å². The second-order valence-electron chi connectivity index (χ2n) is 8.18. The average Bonchev–Trinajstić information content (AvgIpc) is 3.31. The predicted octanol–water partition coefficient (Wildman–Crippen LogP) is 1.43. The van der Waals surface area contributed by atoms with Crippen LogP contribution in [0.1, 0.15) is 58.1 Å². The number of nitrogens with zero attached hydrogens (tertiary/aromatic N) is 5. The lowest BCUT2D eigenvalue weighted by molar-refractivity contribution is 0.0952. The lowest BCUT2D eigenvalue weighted by atomic mass is 9.96. The van der Waals surface area contributed by atoms with Crippen LogP contribution in [-0.2, 0) is 26.4 Å². The number of aryl methyl sites for hydroxylation is 3. The van der Waals surface area contributed by atoms with Gasteiger partial charge in [0.25, 0.3) is 5.91 Å². The fourth-order valence-corrected chi connectivity index (χ4v) is 4.46. The molecule has 1 fully saturated rings. The molecule has 156 valence electrons. The van der Waals surface area contributed by atoms with Crippen molar-refractivity contribution >= 4 is 11.7 Å². The second kappa shape index (κ2) is 8.10. The molecule has 2 aromatic heterocycles. The van der Waals surface area contributed by atoms with Crippen LogP contribution in [0.25, 0.3) is 0 Å². The molecule has 1 aliphatic carbocycles. The number of carbonyl (C=O) groups is 1. The van der Waals surface area contributed by atoms with Crippen LogP contribution >= 0.6 is 0 Å². The minimum absolute atomic E-state index is 0.239. The zero-order chi connectivity index (χ0) is 20.5. The third-order valence-corrected chi connectivity index (χ3v) is 6.29. The Hall–Kier alpha value is -2.48. The summed E-state index contributed by atoms with van der Waals surface area (Å²) >= 11 is 0. The maximum Gasteiger partial charge on any atom is 0.288 e. The van der Waals surface area contributed by atoms with Crippen molar-refractivity contribution in [3.8, 4) is 0 Å². The van der Waals surface area contributed by atoms with Gasteiger partial charge >= 0.3 is 0 Å². The van der Waals surface area contributed by atoms with Gasteiger partial charge < -0.3 is 15.5 Å². The summed E-state index contributed by atoms with van der Waals surface area (Å²) in [4.78, 5) is 23.2. The van der Waals surface area contributed by atoms with Crippen molar-refractivity contribution in [1.82, 2.24) is 30.4 Å². The van der Waals surface area contributed by atoms with Crippen molar-refractivity contribution in [3.63, 3.8) is 0 Å². The van der Waals surface area contributed by atoms with Gasteiger partial charge in [-0.25, -0.2) is 9.97 Å². The Morgan fingerprint density at radius 2 is 2.00 bits per heavy atom. The van der Waals surface area contributed by atoms with Crippen LogP contribution in [0.4, 0.5) is 5.82 Å². The maximum atomic E-state index is 12.0. The van der Waals surface area contributed by atoms with Crippen LogP contribution < -0.4 is 15.5 Å². The fraction of sp³-hybridized carbons (Fsp3) is 0.619. The summed E-state index contributed by atoms with van der Waals surface area (Å²) in [6, 6.07) is 0.391. The third-order valence-electron chi connectivity index (χ3n) is 6.29. The van der Waals surface area contributed by atoms with Crippen molar-refractivity contribution in [2.24, 2.45) is 7.05 Å². The van der Waals surface area contributed by atoms with Crippen molar-refractivity contribution < 1.29 is 4.79 Å². The maximum absolute atomic E-state index is 12.0. The van der Waals surface area contributed by atoms with Gasteiger partial charge in [0.2, 0.25) is 5.82 Å². The molecular formula is C21H31N7O. The molecule has 1 atom stereocenters. The van der Waals surface area contributed by atoms with E-state index in [1.54, 1.807) is 7.05 Å². The first kappa shape index (κ1) is 19.8. The van der Waals surface area contributed by atoms with E-state index < -0.39 is 0 Å². The highest BCUT2D eigenvalue weighted by atomic mass is 16.2. The van der Waals surface area contributed by atoms with Crippen molar-refractivity contribution in [3.05, 3.63) is 34.0 Å². The largest absolute Gasteiger partial charge is 0.355 e. The lowest BCUT2D eigenvalue weighted by Gasteiger charge is -2.21. The molecule has 1 aliphatic heterocycles. The van der Waals surface area contributed by atoms with E-state index in [0.29, 0.717) is 6.04 Å². The SMILES string of the molecule is CNC(=O)c1nc(C)c(C)c(N2CC[C@@H](NCc3c4c(nn3C)CCCC4)C2)n1. The topological polar surface area (TPSA) is 88.0 Å². The molecule has 29 heavy (non-hydrogen) atoms. The summed E-state index contributed by atoms with van der Waals surface area (Å²) < 4.78 is 2.06. The molecule has 2 aliphatic rings. The summed E-state index contributed by atoms with van der Waals surface area (Å²) in [5.41, 5.74) is 5.97. The molecule has 0 aromatic carbocycles. The van der Waals surface area contributed by atoms with E-state index in [4.69, 9.17) is 5.10 Å². The third kappa shape index (κ3) is 3.85. The van der Waals surface area contributed by atoms with E-state index in [1.807, 2.05) is 13.8 Å². The Morgan fingerprint density at radius 3 is 2.79 bits per heavy atom. The zero-order valence-electron chi connectivity index (χ0n) is 17.9. The molecular weight excluding hydrogens is 366 g/mol. The van der Waals surface area contributed by atoms with Gasteiger partial charge in [0, 0.05) is 51.0 Å². The highest BCUT2D eigenvalue weighted by Gasteiger charge is 2.27. The average molecular weight is 398 g/mol. The second-order valence-corrected chi connectivity index (χ2v) is 8.18. The Bertz CT molecular complexity index is 920. The Balaban J connectivity index is 1.44. The number of carbonyl (C=O) groups excluding carboxylic acids is 1. The Morgan fingerprint density at radius 1 is 1.21 bits per heavy atom. The van der Waals surface area contributed by atoms with Gasteiger partial charge in [-0.3, -0.25) is 9.48 Å². The number of fused-ring (bicyclic) bond motifs is 1. The van der Waals surface area contributed by atoms with E-state index >= 15 is 0 Å². The zero-order valence-corrected chi connectivity index (χ0v) is 17.9. The van der Waals surface area contributed by atoms with Crippen LogP contribution in [0.2, 0.25) is 0 Å². The molecule has 0 saturated carbocycles. The minimum atomic E-state index is -0.246. The predicted molar refractivity (Wildman–Crippen MR) is 112 cm³/mol. The van der Waals surface area contributed by atoms with E-state index in [0.717, 1.165) is 56.0 Å². The number of anilines is 1. The standard InChI is InChI=1S/C21H31N7O/c1-13-14(2)24-19(21(29)22-3)25-20(13)28-10-9-15(12-28)23-11-18-16-7-5-6-8-17(16)26-27(18)4/h15,23H,5-12H2,1-4H3,(H,22,29)/t15-/m1/s1. The summed E-state index contributed by atoms with van der Waals surface area (Å²) in [6.07, 6.45) is 5.84. The number of hydrogen-bond acceptors (Lipinski definition) is 6. The molecule has 4 rings (SSSR count). The van der Waals surface area contributed by atoms with Gasteiger partial charge in [-0.1, -0.05) is 0 Å².